The van der Waals surface area contributed by atoms with Crippen molar-refractivity contribution in [3.8, 4) is 11.8 Å². The van der Waals surface area contributed by atoms with Crippen LogP contribution in [0.2, 0.25) is 0 Å². The van der Waals surface area contributed by atoms with Gasteiger partial charge in [0.1, 0.15) is 5.60 Å². The third-order valence-corrected chi connectivity index (χ3v) is 6.38. The number of piperazine rings is 1. The lowest BCUT2D eigenvalue weighted by Gasteiger charge is -2.43. The molecule has 0 aromatic heterocycles. The third-order valence-electron chi connectivity index (χ3n) is 6.38. The Hall–Kier alpha value is -3.39. The van der Waals surface area contributed by atoms with Crippen LogP contribution in [0.4, 0.5) is 0 Å². The fourth-order valence-corrected chi connectivity index (χ4v) is 4.70. The first-order chi connectivity index (χ1) is 17.3. The molecule has 0 amide bonds. The summed E-state index contributed by atoms with van der Waals surface area (Å²) >= 11 is 0. The maximum atomic E-state index is 12.4. The van der Waals surface area contributed by atoms with E-state index in [1.54, 1.807) is 0 Å². The van der Waals surface area contributed by atoms with E-state index in [-0.39, 0.29) is 18.1 Å². The molecule has 4 heteroatoms. The van der Waals surface area contributed by atoms with Crippen molar-refractivity contribution < 1.29 is 9.53 Å². The smallest absolute Gasteiger partial charge is 0.320 e. The van der Waals surface area contributed by atoms with Gasteiger partial charge in [0, 0.05) is 36.8 Å². The molecule has 0 unspecified atom stereocenters. The van der Waals surface area contributed by atoms with E-state index in [1.165, 1.54) is 11.1 Å². The van der Waals surface area contributed by atoms with Gasteiger partial charge < -0.3 is 4.74 Å². The lowest BCUT2D eigenvalue weighted by molar-refractivity contribution is -0.157. The molecule has 1 aliphatic rings. The molecule has 0 spiro atoms. The van der Waals surface area contributed by atoms with E-state index in [1.807, 2.05) is 51.1 Å². The summed E-state index contributed by atoms with van der Waals surface area (Å²) in [5.41, 5.74) is 4.08. The first-order valence-corrected chi connectivity index (χ1v) is 12.7. The van der Waals surface area contributed by atoms with E-state index in [9.17, 15) is 4.79 Å². The SMILES string of the molecule is C[C@@H]1CN([C@@H](c2ccccc2)c2ccc(C#Cc3ccccc3)cc2)CCN1CC(=O)OC(C)(C)C. The van der Waals surface area contributed by atoms with Crippen molar-refractivity contribution in [1.29, 1.82) is 0 Å². The summed E-state index contributed by atoms with van der Waals surface area (Å²) < 4.78 is 5.56. The standard InChI is InChI=1S/C32H36N2O2/c1-25-23-34(22-21-33(25)24-30(35)36-32(2,3)4)31(28-13-9-6-10-14-28)29-19-17-27(18-20-29)16-15-26-11-7-5-8-12-26/h5-14,17-20,25,31H,21-24H2,1-4H3/t25-,31+/m1/s1. The molecule has 36 heavy (non-hydrogen) atoms. The van der Waals surface area contributed by atoms with Crippen molar-refractivity contribution in [2.75, 3.05) is 26.2 Å². The number of carbonyl (C=O) groups excluding carboxylic acids is 1. The summed E-state index contributed by atoms with van der Waals surface area (Å²) in [6.07, 6.45) is 0. The van der Waals surface area contributed by atoms with Crippen molar-refractivity contribution in [2.24, 2.45) is 0 Å². The van der Waals surface area contributed by atoms with Crippen LogP contribution in [0.3, 0.4) is 0 Å². The van der Waals surface area contributed by atoms with E-state index in [4.69, 9.17) is 4.74 Å². The quantitative estimate of drug-likeness (QED) is 0.355. The molecule has 1 aliphatic heterocycles. The Morgan fingerprint density at radius 3 is 2.00 bits per heavy atom. The zero-order valence-electron chi connectivity index (χ0n) is 21.8. The number of ether oxygens (including phenoxy) is 1. The van der Waals surface area contributed by atoms with Crippen LogP contribution in [-0.4, -0.2) is 53.6 Å². The number of nitrogens with zero attached hydrogens (tertiary/aromatic N) is 2. The van der Waals surface area contributed by atoms with Crippen LogP contribution in [-0.2, 0) is 9.53 Å². The highest BCUT2D eigenvalue weighted by Gasteiger charge is 2.31. The molecule has 4 nitrogen and oxygen atoms in total. The number of hydrogen-bond donors (Lipinski definition) is 0. The van der Waals surface area contributed by atoms with Gasteiger partial charge in [0.05, 0.1) is 12.6 Å². The predicted molar refractivity (Wildman–Crippen MR) is 146 cm³/mol. The van der Waals surface area contributed by atoms with E-state index in [0.717, 1.165) is 30.8 Å². The molecule has 0 aliphatic carbocycles. The normalized spacial score (nSPS) is 17.6. The monoisotopic (exact) mass is 480 g/mol. The molecule has 2 atom stereocenters. The molecular formula is C32H36N2O2. The van der Waals surface area contributed by atoms with Crippen LogP contribution in [0.1, 0.15) is 56.0 Å². The molecule has 186 valence electrons. The highest BCUT2D eigenvalue weighted by Crippen LogP contribution is 2.31. The molecule has 0 radical (unpaired) electrons. The van der Waals surface area contributed by atoms with Gasteiger partial charge in [-0.15, -0.1) is 0 Å². The van der Waals surface area contributed by atoms with Gasteiger partial charge >= 0.3 is 5.97 Å². The topological polar surface area (TPSA) is 32.8 Å². The van der Waals surface area contributed by atoms with E-state index < -0.39 is 5.60 Å². The van der Waals surface area contributed by atoms with Crippen molar-refractivity contribution in [3.05, 3.63) is 107 Å². The molecule has 0 N–H and O–H groups in total. The minimum atomic E-state index is -0.460. The average molecular weight is 481 g/mol. The van der Waals surface area contributed by atoms with Crippen molar-refractivity contribution in [3.63, 3.8) is 0 Å². The van der Waals surface area contributed by atoms with Crippen LogP contribution >= 0.6 is 0 Å². The molecule has 1 saturated heterocycles. The van der Waals surface area contributed by atoms with Gasteiger partial charge in [-0.05, 0) is 63.1 Å². The summed E-state index contributed by atoms with van der Waals surface area (Å²) in [5.74, 6) is 6.36. The second kappa shape index (κ2) is 11.6. The summed E-state index contributed by atoms with van der Waals surface area (Å²) in [7, 11) is 0. The highest BCUT2D eigenvalue weighted by atomic mass is 16.6. The molecular weight excluding hydrogens is 444 g/mol. The maximum absolute atomic E-state index is 12.4. The fraction of sp³-hybridized carbons (Fsp3) is 0.344. The van der Waals surface area contributed by atoms with E-state index in [0.29, 0.717) is 6.54 Å². The third kappa shape index (κ3) is 7.07. The molecule has 1 fully saturated rings. The van der Waals surface area contributed by atoms with Gasteiger partial charge in [0.2, 0.25) is 0 Å². The lowest BCUT2D eigenvalue weighted by Crippen LogP contribution is -2.54. The molecule has 3 aromatic rings. The molecule has 1 heterocycles. The average Bonchev–Trinajstić information content (AvgIpc) is 2.85. The molecule has 0 saturated carbocycles. The van der Waals surface area contributed by atoms with Gasteiger partial charge in [-0.3, -0.25) is 14.6 Å². The zero-order valence-corrected chi connectivity index (χ0v) is 21.8. The number of benzene rings is 3. The first kappa shape index (κ1) is 25.7. The lowest BCUT2D eigenvalue weighted by atomic mass is 9.94. The Balaban J connectivity index is 1.50. The Morgan fingerprint density at radius 1 is 0.861 bits per heavy atom. The minimum absolute atomic E-state index is 0.147. The van der Waals surface area contributed by atoms with Crippen molar-refractivity contribution in [2.45, 2.75) is 45.4 Å². The number of carbonyl (C=O) groups is 1. The van der Waals surface area contributed by atoms with Crippen LogP contribution in [0.5, 0.6) is 0 Å². The summed E-state index contributed by atoms with van der Waals surface area (Å²) in [6, 6.07) is 29.7. The van der Waals surface area contributed by atoms with Crippen LogP contribution < -0.4 is 0 Å². The summed E-state index contributed by atoms with van der Waals surface area (Å²) in [5, 5.41) is 0. The minimum Gasteiger partial charge on any atom is -0.459 e. The highest BCUT2D eigenvalue weighted by molar-refractivity contribution is 5.72. The van der Waals surface area contributed by atoms with Crippen LogP contribution in [0.15, 0.2) is 84.9 Å². The van der Waals surface area contributed by atoms with E-state index in [2.05, 4.69) is 83.2 Å². The van der Waals surface area contributed by atoms with Gasteiger partial charge in [-0.1, -0.05) is 72.5 Å². The number of rotatable bonds is 5. The molecule has 0 bridgehead atoms. The fourth-order valence-electron chi connectivity index (χ4n) is 4.70. The number of esters is 1. The van der Waals surface area contributed by atoms with Gasteiger partial charge in [0.15, 0.2) is 0 Å². The van der Waals surface area contributed by atoms with E-state index >= 15 is 0 Å². The van der Waals surface area contributed by atoms with Gasteiger partial charge in [-0.2, -0.15) is 0 Å². The van der Waals surface area contributed by atoms with Gasteiger partial charge in [-0.25, -0.2) is 0 Å². The summed E-state index contributed by atoms with van der Waals surface area (Å²) in [4.78, 5) is 17.2. The second-order valence-electron chi connectivity index (χ2n) is 10.5. The summed E-state index contributed by atoms with van der Waals surface area (Å²) in [6.45, 7) is 10.8. The van der Waals surface area contributed by atoms with Crippen molar-refractivity contribution >= 4 is 5.97 Å². The van der Waals surface area contributed by atoms with Crippen LogP contribution in [0.25, 0.3) is 0 Å². The second-order valence-corrected chi connectivity index (χ2v) is 10.5. The Morgan fingerprint density at radius 2 is 1.42 bits per heavy atom. The number of hydrogen-bond acceptors (Lipinski definition) is 4. The predicted octanol–water partition coefficient (Wildman–Crippen LogP) is 5.52. The Labute approximate surface area is 215 Å². The molecule has 3 aromatic carbocycles. The van der Waals surface area contributed by atoms with Gasteiger partial charge in [0.25, 0.3) is 0 Å². The maximum Gasteiger partial charge on any atom is 0.320 e. The Kier molecular flexibility index (Phi) is 8.25. The van der Waals surface area contributed by atoms with Crippen molar-refractivity contribution in [1.82, 2.24) is 9.80 Å². The van der Waals surface area contributed by atoms with Crippen LogP contribution in [0, 0.1) is 11.8 Å². The molecule has 4 rings (SSSR count). The Bertz CT molecular complexity index is 1190. The largest absolute Gasteiger partial charge is 0.459 e. The first-order valence-electron chi connectivity index (χ1n) is 12.7. The zero-order chi connectivity index (χ0) is 25.5.